The van der Waals surface area contributed by atoms with E-state index in [1.807, 2.05) is 21.9 Å². The van der Waals surface area contributed by atoms with Crippen molar-refractivity contribution < 1.29 is 4.79 Å². The van der Waals surface area contributed by atoms with Crippen LogP contribution in [0.4, 0.5) is 0 Å². The number of rotatable bonds is 6. The molecule has 5 nitrogen and oxygen atoms in total. The van der Waals surface area contributed by atoms with Crippen LogP contribution in [0.3, 0.4) is 0 Å². The van der Waals surface area contributed by atoms with Gasteiger partial charge in [-0.05, 0) is 31.4 Å². The Hall–Kier alpha value is -2.04. The first-order valence-electron chi connectivity index (χ1n) is 8.04. The lowest BCUT2D eigenvalue weighted by molar-refractivity contribution is -0.128. The minimum absolute atomic E-state index is 0.259. The summed E-state index contributed by atoms with van der Waals surface area (Å²) in [7, 11) is 0. The van der Waals surface area contributed by atoms with Gasteiger partial charge >= 0.3 is 0 Å². The number of nitrogens with two attached hydrogens (primary N) is 1. The standard InChI is InChI=1S/C17H26N4O/c1-3-20(4-2)17(18)19-12-14-7-5-8-15(11-14)13-21-10-6-9-16(21)22/h5,7-8,11H,3-4,6,9-10,12-13H2,1-2H3,(H2,18,19). The average Bonchev–Trinajstić information content (AvgIpc) is 2.92. The quantitative estimate of drug-likeness (QED) is 0.645. The van der Waals surface area contributed by atoms with E-state index in [0.29, 0.717) is 25.5 Å². The van der Waals surface area contributed by atoms with E-state index in [4.69, 9.17) is 5.73 Å². The highest BCUT2D eigenvalue weighted by Crippen LogP contribution is 2.15. The SMILES string of the molecule is CCN(CC)C(N)=NCc1cccc(CN2CCCC2=O)c1. The molecule has 5 heteroatoms. The van der Waals surface area contributed by atoms with E-state index in [2.05, 4.69) is 31.0 Å². The molecule has 1 amide bonds. The van der Waals surface area contributed by atoms with E-state index in [-0.39, 0.29) is 5.91 Å². The Morgan fingerprint density at radius 1 is 1.32 bits per heavy atom. The second-order valence-electron chi connectivity index (χ2n) is 5.59. The molecule has 1 aliphatic rings. The zero-order valence-corrected chi connectivity index (χ0v) is 13.6. The molecule has 1 aromatic rings. The first-order chi connectivity index (χ1) is 10.6. The normalized spacial score (nSPS) is 15.5. The van der Waals surface area contributed by atoms with Gasteiger partial charge < -0.3 is 15.5 Å². The van der Waals surface area contributed by atoms with Crippen LogP contribution >= 0.6 is 0 Å². The maximum Gasteiger partial charge on any atom is 0.222 e. The number of carbonyl (C=O) groups excluding carboxylic acids is 1. The monoisotopic (exact) mass is 302 g/mol. The van der Waals surface area contributed by atoms with Crippen molar-refractivity contribution in [1.29, 1.82) is 0 Å². The van der Waals surface area contributed by atoms with Gasteiger partial charge in [0.2, 0.25) is 5.91 Å². The molecule has 0 unspecified atom stereocenters. The molecular weight excluding hydrogens is 276 g/mol. The molecule has 22 heavy (non-hydrogen) atoms. The van der Waals surface area contributed by atoms with Crippen LogP contribution in [0.15, 0.2) is 29.3 Å². The number of hydrogen-bond donors (Lipinski definition) is 1. The van der Waals surface area contributed by atoms with Gasteiger partial charge in [0.05, 0.1) is 6.54 Å². The average molecular weight is 302 g/mol. The number of guanidine groups is 1. The van der Waals surface area contributed by atoms with Gasteiger partial charge in [-0.25, -0.2) is 4.99 Å². The second-order valence-corrected chi connectivity index (χ2v) is 5.59. The molecule has 0 spiro atoms. The Labute approximate surface area is 132 Å². The molecule has 0 saturated carbocycles. The fourth-order valence-corrected chi connectivity index (χ4v) is 2.74. The maximum absolute atomic E-state index is 11.7. The van der Waals surface area contributed by atoms with Gasteiger partial charge in [-0.3, -0.25) is 4.79 Å². The molecule has 0 atom stereocenters. The van der Waals surface area contributed by atoms with Crippen LogP contribution in [0.5, 0.6) is 0 Å². The van der Waals surface area contributed by atoms with Crippen molar-refractivity contribution in [2.45, 2.75) is 39.8 Å². The van der Waals surface area contributed by atoms with E-state index in [0.717, 1.165) is 37.2 Å². The van der Waals surface area contributed by atoms with Crippen molar-refractivity contribution in [3.05, 3.63) is 35.4 Å². The van der Waals surface area contributed by atoms with E-state index in [1.54, 1.807) is 0 Å². The molecule has 1 fully saturated rings. The molecule has 0 radical (unpaired) electrons. The van der Waals surface area contributed by atoms with Crippen LogP contribution in [-0.2, 0) is 17.9 Å². The summed E-state index contributed by atoms with van der Waals surface area (Å²) in [6.45, 7) is 8.01. The van der Waals surface area contributed by atoms with Crippen molar-refractivity contribution in [3.8, 4) is 0 Å². The molecule has 1 saturated heterocycles. The topological polar surface area (TPSA) is 61.9 Å². The summed E-state index contributed by atoms with van der Waals surface area (Å²) >= 11 is 0. The third-order valence-corrected chi connectivity index (χ3v) is 4.05. The van der Waals surface area contributed by atoms with Crippen molar-refractivity contribution in [2.24, 2.45) is 10.7 Å². The summed E-state index contributed by atoms with van der Waals surface area (Å²) in [5, 5.41) is 0. The van der Waals surface area contributed by atoms with Crippen LogP contribution in [0, 0.1) is 0 Å². The van der Waals surface area contributed by atoms with Crippen LogP contribution in [0.2, 0.25) is 0 Å². The molecule has 1 aromatic carbocycles. The Morgan fingerprint density at radius 3 is 2.68 bits per heavy atom. The number of aliphatic imine (C=N–C) groups is 1. The smallest absolute Gasteiger partial charge is 0.222 e. The molecule has 2 rings (SSSR count). The van der Waals surface area contributed by atoms with Gasteiger partial charge in [0.15, 0.2) is 5.96 Å². The first-order valence-corrected chi connectivity index (χ1v) is 8.04. The lowest BCUT2D eigenvalue weighted by Crippen LogP contribution is -2.37. The third kappa shape index (κ3) is 4.23. The third-order valence-electron chi connectivity index (χ3n) is 4.05. The van der Waals surface area contributed by atoms with Crippen LogP contribution in [0.1, 0.15) is 37.8 Å². The van der Waals surface area contributed by atoms with E-state index >= 15 is 0 Å². The Balaban J connectivity index is 1.99. The predicted molar refractivity (Wildman–Crippen MR) is 89.3 cm³/mol. The fraction of sp³-hybridized carbons (Fsp3) is 0.529. The Morgan fingerprint density at radius 2 is 2.05 bits per heavy atom. The summed E-state index contributed by atoms with van der Waals surface area (Å²) in [6.07, 6.45) is 1.66. The van der Waals surface area contributed by atoms with Crippen LogP contribution in [-0.4, -0.2) is 41.3 Å². The van der Waals surface area contributed by atoms with Gasteiger partial charge in [0.1, 0.15) is 0 Å². The molecule has 1 aliphatic heterocycles. The van der Waals surface area contributed by atoms with Gasteiger partial charge in [0, 0.05) is 32.6 Å². The van der Waals surface area contributed by atoms with Crippen LogP contribution < -0.4 is 5.73 Å². The summed E-state index contributed by atoms with van der Waals surface area (Å²) in [6, 6.07) is 8.25. The van der Waals surface area contributed by atoms with Gasteiger partial charge in [-0.15, -0.1) is 0 Å². The van der Waals surface area contributed by atoms with Gasteiger partial charge in [0.25, 0.3) is 0 Å². The van der Waals surface area contributed by atoms with Gasteiger partial charge in [-0.2, -0.15) is 0 Å². The minimum atomic E-state index is 0.259. The van der Waals surface area contributed by atoms with Crippen molar-refractivity contribution in [1.82, 2.24) is 9.80 Å². The fourth-order valence-electron chi connectivity index (χ4n) is 2.74. The number of hydrogen-bond acceptors (Lipinski definition) is 2. The highest BCUT2D eigenvalue weighted by atomic mass is 16.2. The lowest BCUT2D eigenvalue weighted by atomic mass is 10.1. The molecule has 2 N–H and O–H groups in total. The number of benzene rings is 1. The Kier molecular flexibility index (Phi) is 5.81. The van der Waals surface area contributed by atoms with E-state index in [1.165, 1.54) is 0 Å². The highest BCUT2D eigenvalue weighted by molar-refractivity contribution is 5.78. The van der Waals surface area contributed by atoms with Gasteiger partial charge in [-0.1, -0.05) is 24.3 Å². The Bertz CT molecular complexity index is 537. The van der Waals surface area contributed by atoms with Crippen molar-refractivity contribution in [2.75, 3.05) is 19.6 Å². The summed E-state index contributed by atoms with van der Waals surface area (Å²) in [5.74, 6) is 0.847. The molecule has 0 bridgehead atoms. The number of carbonyl (C=O) groups is 1. The summed E-state index contributed by atoms with van der Waals surface area (Å²) < 4.78 is 0. The largest absolute Gasteiger partial charge is 0.370 e. The zero-order chi connectivity index (χ0) is 15.9. The molecule has 120 valence electrons. The van der Waals surface area contributed by atoms with E-state index in [9.17, 15) is 4.79 Å². The second kappa shape index (κ2) is 7.82. The zero-order valence-electron chi connectivity index (χ0n) is 13.6. The molecule has 0 aliphatic carbocycles. The predicted octanol–water partition coefficient (Wildman–Crippen LogP) is 1.97. The van der Waals surface area contributed by atoms with E-state index < -0.39 is 0 Å². The number of nitrogens with zero attached hydrogens (tertiary/aromatic N) is 3. The minimum Gasteiger partial charge on any atom is -0.370 e. The number of amides is 1. The first kappa shape index (κ1) is 16.3. The van der Waals surface area contributed by atoms with Crippen molar-refractivity contribution >= 4 is 11.9 Å². The molecular formula is C17H26N4O. The highest BCUT2D eigenvalue weighted by Gasteiger charge is 2.19. The lowest BCUT2D eigenvalue weighted by Gasteiger charge is -2.19. The summed E-state index contributed by atoms with van der Waals surface area (Å²) in [5.41, 5.74) is 8.28. The molecule has 1 heterocycles. The maximum atomic E-state index is 11.7. The summed E-state index contributed by atoms with van der Waals surface area (Å²) in [4.78, 5) is 20.1. The number of likely N-dealkylation sites (tertiary alicyclic amines) is 1. The van der Waals surface area contributed by atoms with Crippen LogP contribution in [0.25, 0.3) is 0 Å². The molecule has 0 aromatic heterocycles. The van der Waals surface area contributed by atoms with Crippen molar-refractivity contribution in [3.63, 3.8) is 0 Å².